The van der Waals surface area contributed by atoms with Crippen LogP contribution in [0.5, 0.6) is 0 Å². The molecule has 0 fully saturated rings. The van der Waals surface area contributed by atoms with Crippen molar-refractivity contribution >= 4 is 11.4 Å². The van der Waals surface area contributed by atoms with E-state index in [2.05, 4.69) is 40.6 Å². The largest absolute Gasteiger partial charge is 0.348 e. The van der Waals surface area contributed by atoms with Crippen molar-refractivity contribution in [2.45, 2.75) is 38.8 Å². The summed E-state index contributed by atoms with van der Waals surface area (Å²) in [6.45, 7) is 1.98. The average Bonchev–Trinajstić information content (AvgIpc) is 3.41. The van der Waals surface area contributed by atoms with E-state index in [0.29, 0.717) is 11.2 Å². The number of aryl methyl sites for hydroxylation is 2. The van der Waals surface area contributed by atoms with E-state index in [9.17, 15) is 9.59 Å². The van der Waals surface area contributed by atoms with Gasteiger partial charge in [-0.3, -0.25) is 9.59 Å². The molecule has 0 saturated carbocycles. The van der Waals surface area contributed by atoms with E-state index in [1.54, 1.807) is 6.07 Å². The molecule has 156 valence electrons. The number of amides is 1. The van der Waals surface area contributed by atoms with E-state index in [1.807, 2.05) is 30.3 Å². The number of carbonyl (C=O) groups is 1. The van der Waals surface area contributed by atoms with Crippen molar-refractivity contribution in [1.82, 2.24) is 24.7 Å². The lowest BCUT2D eigenvalue weighted by molar-refractivity contribution is -0.122. The fourth-order valence-electron chi connectivity index (χ4n) is 4.19. The molecule has 5 rings (SSSR count). The lowest BCUT2D eigenvalue weighted by Gasteiger charge is -2.14. The number of nitrogens with one attached hydrogen (secondary N) is 1. The highest BCUT2D eigenvalue weighted by Gasteiger charge is 2.23. The highest BCUT2D eigenvalue weighted by Crippen LogP contribution is 2.30. The SMILES string of the molecule is CCc1ccc(-c2cc3c(=O)n(CC(=O)N[C@@H]4CCc5ccccc54)ncn3n2)cc1. The topological polar surface area (TPSA) is 81.3 Å². The first-order valence-electron chi connectivity index (χ1n) is 10.5. The van der Waals surface area contributed by atoms with Gasteiger partial charge < -0.3 is 5.32 Å². The maximum Gasteiger partial charge on any atom is 0.293 e. The minimum Gasteiger partial charge on any atom is -0.348 e. The zero-order chi connectivity index (χ0) is 21.4. The summed E-state index contributed by atoms with van der Waals surface area (Å²) in [5.41, 5.74) is 5.35. The van der Waals surface area contributed by atoms with Crippen LogP contribution < -0.4 is 10.9 Å². The van der Waals surface area contributed by atoms with Gasteiger partial charge in [-0.15, -0.1) is 0 Å². The van der Waals surface area contributed by atoms with E-state index in [1.165, 1.54) is 26.7 Å². The molecule has 2 aromatic carbocycles. The molecule has 1 atom stereocenters. The van der Waals surface area contributed by atoms with Gasteiger partial charge >= 0.3 is 0 Å². The van der Waals surface area contributed by atoms with E-state index in [-0.39, 0.29) is 24.1 Å². The van der Waals surface area contributed by atoms with Crippen molar-refractivity contribution in [2.24, 2.45) is 0 Å². The van der Waals surface area contributed by atoms with Gasteiger partial charge in [0.2, 0.25) is 5.91 Å². The highest BCUT2D eigenvalue weighted by atomic mass is 16.2. The summed E-state index contributed by atoms with van der Waals surface area (Å²) >= 11 is 0. The quantitative estimate of drug-likeness (QED) is 0.545. The van der Waals surface area contributed by atoms with Crippen LogP contribution in [0.25, 0.3) is 16.8 Å². The standard InChI is InChI=1S/C24H23N5O2/c1-2-16-7-9-18(10-8-16)21-13-22-24(31)28(25-15-29(22)27-21)14-23(30)26-20-12-11-17-5-3-4-6-19(17)20/h3-10,13,15,20H,2,11-12,14H2,1H3,(H,26,30)/t20-/m1/s1. The van der Waals surface area contributed by atoms with Crippen molar-refractivity contribution < 1.29 is 4.79 Å². The Hall–Kier alpha value is -3.74. The normalized spacial score (nSPS) is 15.2. The fraction of sp³-hybridized carbons (Fsp3) is 0.250. The van der Waals surface area contributed by atoms with Crippen LogP contribution >= 0.6 is 0 Å². The average molecular weight is 413 g/mol. The Bertz CT molecular complexity index is 1320. The molecule has 7 heteroatoms. The van der Waals surface area contributed by atoms with Crippen LogP contribution in [0.3, 0.4) is 0 Å². The van der Waals surface area contributed by atoms with Crippen LogP contribution in [0.4, 0.5) is 0 Å². The summed E-state index contributed by atoms with van der Waals surface area (Å²) in [5, 5.41) is 11.7. The number of hydrogen-bond donors (Lipinski definition) is 1. The summed E-state index contributed by atoms with van der Waals surface area (Å²) in [7, 11) is 0. The van der Waals surface area contributed by atoms with Crippen molar-refractivity contribution in [3.05, 3.63) is 88.0 Å². The summed E-state index contributed by atoms with van der Waals surface area (Å²) in [6, 6.07) is 18.0. The molecule has 1 N–H and O–H groups in total. The Morgan fingerprint density at radius 1 is 1.16 bits per heavy atom. The molecule has 0 aliphatic heterocycles. The maximum atomic E-state index is 12.9. The van der Waals surface area contributed by atoms with E-state index in [0.717, 1.165) is 30.4 Å². The van der Waals surface area contributed by atoms with E-state index in [4.69, 9.17) is 0 Å². The van der Waals surface area contributed by atoms with Gasteiger partial charge in [0.05, 0.1) is 11.7 Å². The Kier molecular flexibility index (Phi) is 4.86. The van der Waals surface area contributed by atoms with Crippen molar-refractivity contribution in [3.8, 4) is 11.3 Å². The summed E-state index contributed by atoms with van der Waals surface area (Å²) in [5.74, 6) is -0.226. The highest BCUT2D eigenvalue weighted by molar-refractivity contribution is 5.76. The molecular formula is C24H23N5O2. The molecule has 4 aromatic rings. The molecular weight excluding hydrogens is 390 g/mol. The monoisotopic (exact) mass is 413 g/mol. The zero-order valence-electron chi connectivity index (χ0n) is 17.3. The molecule has 0 unspecified atom stereocenters. The first-order chi connectivity index (χ1) is 15.1. The zero-order valence-corrected chi connectivity index (χ0v) is 17.3. The van der Waals surface area contributed by atoms with Crippen LogP contribution in [-0.2, 0) is 24.2 Å². The summed E-state index contributed by atoms with van der Waals surface area (Å²) in [6.07, 6.45) is 4.26. The molecule has 0 saturated heterocycles. The number of carbonyl (C=O) groups excluding carboxylic acids is 1. The van der Waals surface area contributed by atoms with E-state index >= 15 is 0 Å². The van der Waals surface area contributed by atoms with Crippen molar-refractivity contribution in [3.63, 3.8) is 0 Å². The van der Waals surface area contributed by atoms with Crippen LogP contribution in [0, 0.1) is 0 Å². The van der Waals surface area contributed by atoms with Gasteiger partial charge in [0.15, 0.2) is 0 Å². The second kappa shape index (κ2) is 7.83. The van der Waals surface area contributed by atoms with Gasteiger partial charge in [0, 0.05) is 5.56 Å². The maximum absolute atomic E-state index is 12.9. The third-order valence-corrected chi connectivity index (χ3v) is 5.91. The Morgan fingerprint density at radius 2 is 1.97 bits per heavy atom. The Labute approximate surface area is 179 Å². The number of rotatable bonds is 5. The lowest BCUT2D eigenvalue weighted by Crippen LogP contribution is -2.35. The first kappa shape index (κ1) is 19.2. The number of benzene rings is 2. The third kappa shape index (κ3) is 3.63. The van der Waals surface area contributed by atoms with Gasteiger partial charge in [-0.2, -0.15) is 10.2 Å². The predicted molar refractivity (Wildman–Crippen MR) is 118 cm³/mol. The van der Waals surface area contributed by atoms with Gasteiger partial charge in [0.1, 0.15) is 18.4 Å². The van der Waals surface area contributed by atoms with Gasteiger partial charge in [-0.1, -0.05) is 55.5 Å². The molecule has 1 aliphatic rings. The number of fused-ring (bicyclic) bond motifs is 2. The van der Waals surface area contributed by atoms with Gasteiger partial charge in [0.25, 0.3) is 5.56 Å². The van der Waals surface area contributed by atoms with E-state index < -0.39 is 0 Å². The van der Waals surface area contributed by atoms with Crippen LogP contribution in [0.1, 0.15) is 36.1 Å². The van der Waals surface area contributed by atoms with Crippen LogP contribution in [0.15, 0.2) is 65.7 Å². The molecule has 1 amide bonds. The summed E-state index contributed by atoms with van der Waals surface area (Å²) in [4.78, 5) is 25.5. The first-order valence-corrected chi connectivity index (χ1v) is 10.5. The number of hydrogen-bond acceptors (Lipinski definition) is 4. The van der Waals surface area contributed by atoms with Crippen molar-refractivity contribution in [1.29, 1.82) is 0 Å². The summed E-state index contributed by atoms with van der Waals surface area (Å²) < 4.78 is 2.66. The smallest absolute Gasteiger partial charge is 0.293 e. The van der Waals surface area contributed by atoms with Crippen LogP contribution in [-0.4, -0.2) is 25.3 Å². The Balaban J connectivity index is 1.36. The van der Waals surface area contributed by atoms with Crippen LogP contribution in [0.2, 0.25) is 0 Å². The third-order valence-electron chi connectivity index (χ3n) is 5.91. The predicted octanol–water partition coefficient (Wildman–Crippen LogP) is 2.92. The number of aromatic nitrogens is 4. The minimum atomic E-state index is -0.339. The second-order valence-electron chi connectivity index (χ2n) is 7.86. The lowest BCUT2D eigenvalue weighted by atomic mass is 10.1. The van der Waals surface area contributed by atoms with Crippen molar-refractivity contribution in [2.75, 3.05) is 0 Å². The molecule has 2 heterocycles. The molecule has 0 spiro atoms. The number of nitrogens with zero attached hydrogens (tertiary/aromatic N) is 4. The molecule has 31 heavy (non-hydrogen) atoms. The minimum absolute atomic E-state index is 0.0178. The molecule has 7 nitrogen and oxygen atoms in total. The fourth-order valence-corrected chi connectivity index (χ4v) is 4.19. The Morgan fingerprint density at radius 3 is 2.77 bits per heavy atom. The molecule has 0 bridgehead atoms. The molecule has 0 radical (unpaired) electrons. The molecule has 1 aliphatic carbocycles. The second-order valence-corrected chi connectivity index (χ2v) is 7.86. The van der Waals surface area contributed by atoms with Gasteiger partial charge in [-0.05, 0) is 42.0 Å². The van der Waals surface area contributed by atoms with Gasteiger partial charge in [-0.25, -0.2) is 9.20 Å². The molecule has 2 aromatic heterocycles.